The zero-order valence-corrected chi connectivity index (χ0v) is 9.50. The number of ether oxygens (including phenoxy) is 2. The highest BCUT2D eigenvalue weighted by atomic mass is 16.5. The minimum Gasteiger partial charge on any atom is -0.501 e. The normalized spacial score (nSPS) is 11.6. The maximum atomic E-state index is 11.4. The molecule has 0 atom stereocenters. The molecule has 3 heteroatoms. The zero-order chi connectivity index (χ0) is 11.0. The van der Waals surface area contributed by atoms with Crippen LogP contribution in [0, 0.1) is 5.92 Å². The lowest BCUT2D eigenvalue weighted by Gasteiger charge is -2.09. The van der Waals surface area contributed by atoms with Crippen LogP contribution in [0.4, 0.5) is 0 Å². The summed E-state index contributed by atoms with van der Waals surface area (Å²) in [6.07, 6.45) is 2.21. The Morgan fingerprint density at radius 1 is 1.29 bits per heavy atom. The Hall–Kier alpha value is -0.990. The molecule has 0 saturated heterocycles. The Balaban J connectivity index is 4.30. The number of esters is 1. The molecule has 0 aromatic heterocycles. The van der Waals surface area contributed by atoms with Gasteiger partial charge in [0, 0.05) is 0 Å². The predicted octanol–water partition coefficient (Wildman–Crippen LogP) is 2.52. The number of hydrogen-bond acceptors (Lipinski definition) is 3. The van der Waals surface area contributed by atoms with Crippen molar-refractivity contribution in [2.45, 2.75) is 34.1 Å². The van der Waals surface area contributed by atoms with Crippen molar-refractivity contribution in [1.82, 2.24) is 0 Å². The minimum absolute atomic E-state index is 0.269. The number of carbonyl (C=O) groups excluding carboxylic acids is 1. The van der Waals surface area contributed by atoms with E-state index >= 15 is 0 Å². The van der Waals surface area contributed by atoms with Crippen molar-refractivity contribution in [3.63, 3.8) is 0 Å². The van der Waals surface area contributed by atoms with Gasteiger partial charge in [0.1, 0.15) is 0 Å². The zero-order valence-electron chi connectivity index (χ0n) is 9.50. The van der Waals surface area contributed by atoms with E-state index in [1.165, 1.54) is 6.26 Å². The van der Waals surface area contributed by atoms with E-state index in [0.29, 0.717) is 31.1 Å². The third-order valence-electron chi connectivity index (χ3n) is 1.56. The van der Waals surface area contributed by atoms with E-state index in [1.807, 2.05) is 6.92 Å². The largest absolute Gasteiger partial charge is 0.501 e. The molecule has 0 N–H and O–H groups in total. The molecule has 0 aromatic rings. The van der Waals surface area contributed by atoms with Crippen LogP contribution in [-0.4, -0.2) is 19.2 Å². The molecule has 3 nitrogen and oxygen atoms in total. The summed E-state index contributed by atoms with van der Waals surface area (Å²) in [5, 5.41) is 0. The van der Waals surface area contributed by atoms with Crippen LogP contribution in [0.25, 0.3) is 0 Å². The Morgan fingerprint density at radius 2 is 1.93 bits per heavy atom. The Morgan fingerprint density at radius 3 is 2.36 bits per heavy atom. The van der Waals surface area contributed by atoms with E-state index in [9.17, 15) is 4.79 Å². The summed E-state index contributed by atoms with van der Waals surface area (Å²) in [5.41, 5.74) is 0.615. The molecule has 0 rings (SSSR count). The van der Waals surface area contributed by atoms with E-state index in [4.69, 9.17) is 9.47 Å². The molecule has 0 aromatic carbocycles. The summed E-state index contributed by atoms with van der Waals surface area (Å²) in [6.45, 7) is 8.76. The first-order valence-corrected chi connectivity index (χ1v) is 5.09. The van der Waals surface area contributed by atoms with Crippen LogP contribution >= 0.6 is 0 Å². The highest BCUT2D eigenvalue weighted by Gasteiger charge is 2.12. The van der Waals surface area contributed by atoms with Crippen LogP contribution < -0.4 is 0 Å². The highest BCUT2D eigenvalue weighted by molar-refractivity contribution is 5.88. The van der Waals surface area contributed by atoms with Crippen molar-refractivity contribution in [2.24, 2.45) is 5.92 Å². The molecule has 0 fully saturated rings. The summed E-state index contributed by atoms with van der Waals surface area (Å²) < 4.78 is 10.0. The van der Waals surface area contributed by atoms with Gasteiger partial charge in [0.25, 0.3) is 0 Å². The van der Waals surface area contributed by atoms with E-state index in [2.05, 4.69) is 13.8 Å². The molecule has 0 aliphatic rings. The third-order valence-corrected chi connectivity index (χ3v) is 1.56. The summed E-state index contributed by atoms with van der Waals surface area (Å²) in [5.74, 6) is 0.153. The Kier molecular flexibility index (Phi) is 6.89. The highest BCUT2D eigenvalue weighted by Crippen LogP contribution is 2.12. The summed E-state index contributed by atoms with van der Waals surface area (Å²) in [7, 11) is 0. The number of hydrogen-bond donors (Lipinski definition) is 0. The van der Waals surface area contributed by atoms with Gasteiger partial charge in [0.2, 0.25) is 0 Å². The fourth-order valence-electron chi connectivity index (χ4n) is 1.03. The van der Waals surface area contributed by atoms with Crippen LogP contribution in [0.1, 0.15) is 34.1 Å². The molecule has 14 heavy (non-hydrogen) atoms. The second-order valence-electron chi connectivity index (χ2n) is 3.42. The van der Waals surface area contributed by atoms with Gasteiger partial charge in [-0.25, -0.2) is 4.79 Å². The molecule has 0 radical (unpaired) electrons. The van der Waals surface area contributed by atoms with Gasteiger partial charge in [0.15, 0.2) is 0 Å². The molecule has 0 saturated carbocycles. The van der Waals surface area contributed by atoms with Crippen molar-refractivity contribution in [3.05, 3.63) is 11.8 Å². The lowest BCUT2D eigenvalue weighted by atomic mass is 10.0. The minimum atomic E-state index is -0.269. The lowest BCUT2D eigenvalue weighted by Crippen LogP contribution is -2.10. The topological polar surface area (TPSA) is 35.5 Å². The van der Waals surface area contributed by atoms with Crippen LogP contribution in [0.2, 0.25) is 0 Å². The van der Waals surface area contributed by atoms with Gasteiger partial charge in [-0.2, -0.15) is 0 Å². The second-order valence-corrected chi connectivity index (χ2v) is 3.42. The van der Waals surface area contributed by atoms with Crippen LogP contribution in [0.5, 0.6) is 0 Å². The fraction of sp³-hybridized carbons (Fsp3) is 0.727. The van der Waals surface area contributed by atoms with Gasteiger partial charge in [-0.05, 0) is 26.2 Å². The average molecular weight is 200 g/mol. The van der Waals surface area contributed by atoms with Gasteiger partial charge < -0.3 is 9.47 Å². The molecule has 0 heterocycles. The monoisotopic (exact) mass is 200 g/mol. The quantitative estimate of drug-likeness (QED) is 0.375. The molecule has 0 amide bonds. The molecule has 0 bridgehead atoms. The first-order chi connectivity index (χ1) is 6.61. The second kappa shape index (κ2) is 7.42. The average Bonchev–Trinajstić information content (AvgIpc) is 2.12. The summed E-state index contributed by atoms with van der Waals surface area (Å²) >= 11 is 0. The molecule has 0 spiro atoms. The van der Waals surface area contributed by atoms with E-state index in [-0.39, 0.29) is 5.97 Å². The van der Waals surface area contributed by atoms with Gasteiger partial charge in [0.05, 0.1) is 25.0 Å². The smallest absolute Gasteiger partial charge is 0.337 e. The number of carbonyl (C=O) groups is 1. The molecular weight excluding hydrogens is 180 g/mol. The Labute approximate surface area is 86.1 Å². The molecule has 0 aliphatic heterocycles. The third kappa shape index (κ3) is 5.62. The van der Waals surface area contributed by atoms with Crippen LogP contribution in [0.15, 0.2) is 11.8 Å². The molecule has 0 aliphatic carbocycles. The number of rotatable bonds is 6. The van der Waals surface area contributed by atoms with Gasteiger partial charge in [-0.3, -0.25) is 0 Å². The first-order valence-electron chi connectivity index (χ1n) is 5.09. The lowest BCUT2D eigenvalue weighted by molar-refractivity contribution is -0.138. The first kappa shape index (κ1) is 13.0. The van der Waals surface area contributed by atoms with Crippen LogP contribution in [0.3, 0.4) is 0 Å². The van der Waals surface area contributed by atoms with Gasteiger partial charge in [-0.1, -0.05) is 13.8 Å². The maximum Gasteiger partial charge on any atom is 0.337 e. The van der Waals surface area contributed by atoms with Crippen molar-refractivity contribution >= 4 is 5.97 Å². The van der Waals surface area contributed by atoms with Crippen LogP contribution in [-0.2, 0) is 14.3 Å². The van der Waals surface area contributed by atoms with E-state index < -0.39 is 0 Å². The molecular formula is C11H20O3. The summed E-state index contributed by atoms with van der Waals surface area (Å²) in [6, 6.07) is 0. The van der Waals surface area contributed by atoms with Gasteiger partial charge in [-0.15, -0.1) is 0 Å². The van der Waals surface area contributed by atoms with E-state index in [1.54, 1.807) is 6.92 Å². The Bertz CT molecular complexity index is 195. The SMILES string of the molecule is CCOC=C(CC(C)C)C(=O)OCC. The fourth-order valence-corrected chi connectivity index (χ4v) is 1.03. The van der Waals surface area contributed by atoms with Gasteiger partial charge >= 0.3 is 5.97 Å². The van der Waals surface area contributed by atoms with Crippen molar-refractivity contribution in [3.8, 4) is 0 Å². The van der Waals surface area contributed by atoms with Crippen molar-refractivity contribution < 1.29 is 14.3 Å². The van der Waals surface area contributed by atoms with Crippen molar-refractivity contribution in [1.29, 1.82) is 0 Å². The van der Waals surface area contributed by atoms with E-state index in [0.717, 1.165) is 0 Å². The predicted molar refractivity (Wildman–Crippen MR) is 55.8 cm³/mol. The molecule has 0 unspecified atom stereocenters. The maximum absolute atomic E-state index is 11.4. The van der Waals surface area contributed by atoms with Crippen molar-refractivity contribution in [2.75, 3.05) is 13.2 Å². The standard InChI is InChI=1S/C11H20O3/c1-5-13-8-10(7-9(3)4)11(12)14-6-2/h8-9H,5-7H2,1-4H3. The molecule has 82 valence electrons. The summed E-state index contributed by atoms with van der Waals surface area (Å²) in [4.78, 5) is 11.4.